The van der Waals surface area contributed by atoms with E-state index in [9.17, 15) is 14.0 Å². The van der Waals surface area contributed by atoms with Gasteiger partial charge >= 0.3 is 5.69 Å². The number of aromatic amines is 1. The van der Waals surface area contributed by atoms with Gasteiger partial charge in [-0.2, -0.15) is 5.26 Å². The first-order valence-electron chi connectivity index (χ1n) is 4.75. The van der Waals surface area contributed by atoms with Gasteiger partial charge in [-0.1, -0.05) is 17.7 Å². The third kappa shape index (κ3) is 1.92. The lowest BCUT2D eigenvalue weighted by atomic mass is 10.3. The Hall–Kier alpha value is -2.39. The van der Waals surface area contributed by atoms with E-state index in [1.807, 2.05) is 4.98 Å². The van der Waals surface area contributed by atoms with Gasteiger partial charge < -0.3 is 0 Å². The highest BCUT2D eigenvalue weighted by Gasteiger charge is 2.13. The highest BCUT2D eigenvalue weighted by atomic mass is 35.5. The summed E-state index contributed by atoms with van der Waals surface area (Å²) in [5.41, 5.74) is -2.22. The Morgan fingerprint density at radius 2 is 2.11 bits per heavy atom. The lowest BCUT2D eigenvalue weighted by molar-refractivity contribution is 0.614. The molecule has 0 bridgehead atoms. The molecular weight excluding hydrogens is 261 g/mol. The Labute approximate surface area is 105 Å². The smallest absolute Gasteiger partial charge is 0.273 e. The quantitative estimate of drug-likeness (QED) is 0.841. The van der Waals surface area contributed by atoms with Crippen LogP contribution in [0.15, 0.2) is 34.0 Å². The lowest BCUT2D eigenvalue weighted by Gasteiger charge is -2.08. The molecule has 1 aromatic heterocycles. The molecule has 0 saturated carbocycles. The van der Waals surface area contributed by atoms with E-state index in [1.54, 1.807) is 6.07 Å². The van der Waals surface area contributed by atoms with Crippen LogP contribution in [0.3, 0.4) is 0 Å². The molecule has 0 unspecified atom stereocenters. The van der Waals surface area contributed by atoms with E-state index in [2.05, 4.69) is 0 Å². The van der Waals surface area contributed by atoms with Crippen LogP contribution in [-0.2, 0) is 0 Å². The van der Waals surface area contributed by atoms with Crippen molar-refractivity contribution in [1.29, 1.82) is 5.26 Å². The second kappa shape index (κ2) is 4.47. The summed E-state index contributed by atoms with van der Waals surface area (Å²) in [5.74, 6) is -0.736. The van der Waals surface area contributed by atoms with Crippen LogP contribution in [0.1, 0.15) is 5.56 Å². The predicted molar refractivity (Wildman–Crippen MR) is 62.3 cm³/mol. The maximum absolute atomic E-state index is 13.6. The molecule has 1 N–H and O–H groups in total. The van der Waals surface area contributed by atoms with E-state index in [0.717, 1.165) is 16.8 Å². The monoisotopic (exact) mass is 265 g/mol. The number of para-hydroxylation sites is 1. The predicted octanol–water partition coefficient (Wildman–Crippen LogP) is 1.19. The van der Waals surface area contributed by atoms with Crippen LogP contribution < -0.4 is 11.2 Å². The maximum atomic E-state index is 13.6. The number of aromatic nitrogens is 2. The summed E-state index contributed by atoms with van der Waals surface area (Å²) in [6, 6.07) is 5.49. The van der Waals surface area contributed by atoms with Gasteiger partial charge in [-0.05, 0) is 12.1 Å². The molecule has 0 aliphatic rings. The molecule has 1 heterocycles. The minimum absolute atomic E-state index is 0.00645. The summed E-state index contributed by atoms with van der Waals surface area (Å²) in [5, 5.41) is 8.70. The molecule has 0 saturated heterocycles. The number of rotatable bonds is 1. The molecule has 0 radical (unpaired) electrons. The number of nitrogens with one attached hydrogen (secondary N) is 1. The van der Waals surface area contributed by atoms with Crippen LogP contribution in [-0.4, -0.2) is 9.55 Å². The Morgan fingerprint density at radius 3 is 2.72 bits per heavy atom. The van der Waals surface area contributed by atoms with Crippen LogP contribution in [0.4, 0.5) is 4.39 Å². The molecule has 2 aromatic rings. The van der Waals surface area contributed by atoms with Crippen molar-refractivity contribution >= 4 is 11.6 Å². The fourth-order valence-electron chi connectivity index (χ4n) is 1.44. The Kier molecular flexibility index (Phi) is 3.00. The minimum Gasteiger partial charge on any atom is -0.273 e. The summed E-state index contributed by atoms with van der Waals surface area (Å²) < 4.78 is 14.4. The van der Waals surface area contributed by atoms with Gasteiger partial charge in [0.25, 0.3) is 5.56 Å². The largest absolute Gasteiger partial charge is 0.333 e. The van der Waals surface area contributed by atoms with Gasteiger partial charge in [0, 0.05) is 6.20 Å². The second-order valence-electron chi connectivity index (χ2n) is 3.35. The fourth-order valence-corrected chi connectivity index (χ4v) is 1.69. The highest BCUT2D eigenvalue weighted by Crippen LogP contribution is 2.21. The molecule has 0 fully saturated rings. The zero-order valence-electron chi connectivity index (χ0n) is 8.78. The van der Waals surface area contributed by atoms with E-state index >= 15 is 0 Å². The van der Waals surface area contributed by atoms with E-state index < -0.39 is 17.1 Å². The highest BCUT2D eigenvalue weighted by molar-refractivity contribution is 6.32. The van der Waals surface area contributed by atoms with Crippen molar-refractivity contribution in [1.82, 2.24) is 9.55 Å². The molecule has 7 heteroatoms. The summed E-state index contributed by atoms with van der Waals surface area (Å²) in [4.78, 5) is 24.7. The van der Waals surface area contributed by atoms with Gasteiger partial charge in [-0.15, -0.1) is 0 Å². The lowest BCUT2D eigenvalue weighted by Crippen LogP contribution is -2.30. The molecule has 18 heavy (non-hydrogen) atoms. The second-order valence-corrected chi connectivity index (χ2v) is 3.76. The minimum atomic E-state index is -0.869. The topological polar surface area (TPSA) is 78.7 Å². The van der Waals surface area contributed by atoms with Crippen LogP contribution >= 0.6 is 11.6 Å². The summed E-state index contributed by atoms with van der Waals surface area (Å²) >= 11 is 5.80. The maximum Gasteiger partial charge on any atom is 0.333 e. The van der Waals surface area contributed by atoms with Crippen molar-refractivity contribution in [3.63, 3.8) is 0 Å². The Bertz CT molecular complexity index is 753. The number of hydrogen-bond acceptors (Lipinski definition) is 3. The molecule has 0 spiro atoms. The third-order valence-corrected chi connectivity index (χ3v) is 2.55. The van der Waals surface area contributed by atoms with Crippen molar-refractivity contribution in [2.45, 2.75) is 0 Å². The molecule has 0 atom stereocenters. The first-order valence-corrected chi connectivity index (χ1v) is 5.13. The van der Waals surface area contributed by atoms with Crippen LogP contribution in [0.5, 0.6) is 0 Å². The van der Waals surface area contributed by atoms with Crippen molar-refractivity contribution in [3.05, 3.63) is 61.6 Å². The normalized spacial score (nSPS) is 10.1. The van der Waals surface area contributed by atoms with Gasteiger partial charge in [0.1, 0.15) is 23.1 Å². The van der Waals surface area contributed by atoms with Gasteiger partial charge in [-0.3, -0.25) is 14.3 Å². The van der Waals surface area contributed by atoms with Crippen molar-refractivity contribution < 1.29 is 4.39 Å². The molecule has 0 aliphatic carbocycles. The van der Waals surface area contributed by atoms with Gasteiger partial charge in [-0.25, -0.2) is 9.18 Å². The zero-order valence-corrected chi connectivity index (χ0v) is 9.53. The Balaban J connectivity index is 2.85. The molecule has 5 nitrogen and oxygen atoms in total. The van der Waals surface area contributed by atoms with E-state index in [0.29, 0.717) is 0 Å². The number of H-pyrrole nitrogens is 1. The number of halogens is 2. The summed E-state index contributed by atoms with van der Waals surface area (Å²) in [6.07, 6.45) is 0.950. The van der Waals surface area contributed by atoms with Crippen LogP contribution in [0, 0.1) is 17.1 Å². The van der Waals surface area contributed by atoms with Crippen molar-refractivity contribution in [3.8, 4) is 11.8 Å². The molecule has 1 aromatic carbocycles. The van der Waals surface area contributed by atoms with E-state index in [-0.39, 0.29) is 16.3 Å². The number of benzene rings is 1. The van der Waals surface area contributed by atoms with Gasteiger partial charge in [0.2, 0.25) is 0 Å². The van der Waals surface area contributed by atoms with Crippen LogP contribution in [0.25, 0.3) is 5.69 Å². The average Bonchev–Trinajstić information content (AvgIpc) is 2.31. The standard InChI is InChI=1S/C11H5ClFN3O2/c12-7-2-1-3-8(13)9(7)16-5-6(4-14)10(17)15-11(16)18/h1-3,5H,(H,15,17,18). The van der Waals surface area contributed by atoms with Crippen molar-refractivity contribution in [2.75, 3.05) is 0 Å². The number of nitriles is 1. The number of hydrogen-bond donors (Lipinski definition) is 1. The van der Waals surface area contributed by atoms with E-state index in [1.165, 1.54) is 12.1 Å². The number of nitrogens with zero attached hydrogens (tertiary/aromatic N) is 2. The van der Waals surface area contributed by atoms with Crippen LogP contribution in [0.2, 0.25) is 5.02 Å². The van der Waals surface area contributed by atoms with E-state index in [4.69, 9.17) is 16.9 Å². The molecular formula is C11H5ClFN3O2. The molecule has 0 aliphatic heterocycles. The van der Waals surface area contributed by atoms with Gasteiger partial charge in [0.05, 0.1) is 5.02 Å². The first kappa shape index (κ1) is 12.1. The summed E-state index contributed by atoms with van der Waals surface area (Å²) in [7, 11) is 0. The molecule has 0 amide bonds. The van der Waals surface area contributed by atoms with Gasteiger partial charge in [0.15, 0.2) is 0 Å². The van der Waals surface area contributed by atoms with Crippen molar-refractivity contribution in [2.24, 2.45) is 0 Å². The molecule has 2 rings (SSSR count). The SMILES string of the molecule is N#Cc1cn(-c2c(F)cccc2Cl)c(=O)[nH]c1=O. The average molecular weight is 266 g/mol. The zero-order chi connectivity index (χ0) is 13.3. The third-order valence-electron chi connectivity index (χ3n) is 2.24. The Morgan fingerprint density at radius 1 is 1.39 bits per heavy atom. The molecule has 90 valence electrons. The summed E-state index contributed by atoms with van der Waals surface area (Å²) in [6.45, 7) is 0. The fraction of sp³-hybridized carbons (Fsp3) is 0. The first-order chi connectivity index (χ1) is 8.54.